The zero-order valence-corrected chi connectivity index (χ0v) is 16.9. The summed E-state index contributed by atoms with van der Waals surface area (Å²) in [5, 5.41) is 6.79. The number of benzene rings is 2. The van der Waals surface area contributed by atoms with Crippen LogP contribution in [0.4, 0.5) is 10.1 Å². The third-order valence-electron chi connectivity index (χ3n) is 4.86. The molecule has 0 unspecified atom stereocenters. The van der Waals surface area contributed by atoms with E-state index < -0.39 is 11.7 Å². The second kappa shape index (κ2) is 8.31. The van der Waals surface area contributed by atoms with Crippen molar-refractivity contribution in [2.45, 2.75) is 13.7 Å². The maximum Gasteiger partial charge on any atom is 0.295 e. The number of rotatable bonds is 6. The minimum Gasteiger partial charge on any atom is -0.468 e. The van der Waals surface area contributed by atoms with Gasteiger partial charge in [0.15, 0.2) is 24.0 Å². The van der Waals surface area contributed by atoms with E-state index in [0.29, 0.717) is 11.4 Å². The molecule has 2 heterocycles. The molecule has 0 aliphatic carbocycles. The fourth-order valence-electron chi connectivity index (χ4n) is 3.14. The molecular weight excluding hydrogens is 401 g/mol. The molecule has 0 spiro atoms. The van der Waals surface area contributed by atoms with E-state index in [1.165, 1.54) is 33.8 Å². The minimum absolute atomic E-state index is 0.0700. The van der Waals surface area contributed by atoms with Crippen LogP contribution in [0, 0.1) is 12.7 Å². The summed E-state index contributed by atoms with van der Waals surface area (Å²) >= 11 is 0. The molecule has 31 heavy (non-hydrogen) atoms. The van der Waals surface area contributed by atoms with Crippen LogP contribution in [0.15, 0.2) is 71.7 Å². The van der Waals surface area contributed by atoms with Gasteiger partial charge >= 0.3 is 0 Å². The van der Waals surface area contributed by atoms with Crippen molar-refractivity contribution in [2.75, 3.05) is 5.32 Å². The number of carbonyl (C=O) groups excluding carboxylic acids is 1. The van der Waals surface area contributed by atoms with E-state index in [9.17, 15) is 14.0 Å². The molecule has 8 nitrogen and oxygen atoms in total. The van der Waals surface area contributed by atoms with Gasteiger partial charge in [0.25, 0.3) is 11.5 Å². The minimum atomic E-state index is -0.532. The zero-order valence-electron chi connectivity index (χ0n) is 16.9. The van der Waals surface area contributed by atoms with Crippen LogP contribution < -0.4 is 15.6 Å². The number of nitrogens with one attached hydrogen (secondary N) is 1. The van der Waals surface area contributed by atoms with Crippen LogP contribution in [-0.2, 0) is 13.8 Å². The van der Waals surface area contributed by atoms with E-state index in [0.717, 1.165) is 0 Å². The van der Waals surface area contributed by atoms with Crippen LogP contribution >= 0.6 is 0 Å². The molecule has 4 rings (SSSR count). The highest BCUT2D eigenvalue weighted by atomic mass is 19.1. The third-order valence-corrected chi connectivity index (χ3v) is 4.86. The summed E-state index contributed by atoms with van der Waals surface area (Å²) in [5.41, 5.74) is 1.22. The molecule has 2 aromatic heterocycles. The van der Waals surface area contributed by atoms with Crippen LogP contribution in [0.5, 0.6) is 5.75 Å². The van der Waals surface area contributed by atoms with E-state index in [1.807, 2.05) is 30.3 Å². The molecule has 0 atom stereocenters. The van der Waals surface area contributed by atoms with Crippen molar-refractivity contribution >= 4 is 11.6 Å². The Balaban J connectivity index is 1.51. The van der Waals surface area contributed by atoms with Crippen molar-refractivity contribution in [3.63, 3.8) is 0 Å². The fraction of sp³-hybridized carbons (Fsp3) is 0.136. The van der Waals surface area contributed by atoms with Crippen LogP contribution in [-0.4, -0.2) is 25.1 Å². The van der Waals surface area contributed by atoms with Gasteiger partial charge in [-0.05, 0) is 37.3 Å². The molecule has 0 saturated heterocycles. The molecule has 0 saturated carbocycles. The number of anilines is 1. The number of hydrogen-bond acceptors (Lipinski definition) is 4. The standard InChI is InChI=1S/C22H20FN5O3/c1-15-20(22(30)28(26(15)2)16-8-4-3-5-9-16)24-21(29)18-12-13-27(25-18)14-31-19-11-7-6-10-17(19)23/h3-13H,14H2,1-2H3,(H,24,29). The molecule has 0 fully saturated rings. The number of halogens is 1. The highest BCUT2D eigenvalue weighted by Gasteiger charge is 2.20. The smallest absolute Gasteiger partial charge is 0.295 e. The second-order valence-corrected chi connectivity index (χ2v) is 6.83. The summed E-state index contributed by atoms with van der Waals surface area (Å²) in [5.74, 6) is -0.928. The van der Waals surface area contributed by atoms with Gasteiger partial charge in [-0.1, -0.05) is 30.3 Å². The lowest BCUT2D eigenvalue weighted by atomic mass is 10.3. The number of hydrogen-bond donors (Lipinski definition) is 1. The van der Waals surface area contributed by atoms with E-state index in [-0.39, 0.29) is 29.4 Å². The van der Waals surface area contributed by atoms with Gasteiger partial charge in [-0.3, -0.25) is 14.3 Å². The first-order valence-electron chi connectivity index (χ1n) is 9.52. The van der Waals surface area contributed by atoms with Crippen molar-refractivity contribution < 1.29 is 13.9 Å². The summed E-state index contributed by atoms with van der Waals surface area (Å²) in [7, 11) is 1.74. The monoisotopic (exact) mass is 421 g/mol. The highest BCUT2D eigenvalue weighted by Crippen LogP contribution is 2.17. The Hall–Kier alpha value is -4.14. The lowest BCUT2D eigenvalue weighted by Gasteiger charge is -2.07. The van der Waals surface area contributed by atoms with Gasteiger partial charge in [0.05, 0.1) is 11.4 Å². The predicted molar refractivity (Wildman–Crippen MR) is 113 cm³/mol. The van der Waals surface area contributed by atoms with E-state index in [4.69, 9.17) is 4.74 Å². The van der Waals surface area contributed by atoms with Crippen molar-refractivity contribution in [2.24, 2.45) is 7.05 Å². The Morgan fingerprint density at radius 2 is 1.81 bits per heavy atom. The average Bonchev–Trinajstić information content (AvgIpc) is 3.33. The Morgan fingerprint density at radius 3 is 2.55 bits per heavy atom. The second-order valence-electron chi connectivity index (χ2n) is 6.83. The summed E-state index contributed by atoms with van der Waals surface area (Å²) in [6, 6.07) is 16.7. The first kappa shape index (κ1) is 20.1. The molecule has 0 aliphatic rings. The Bertz CT molecular complexity index is 1290. The number of para-hydroxylation sites is 2. The van der Waals surface area contributed by atoms with Gasteiger partial charge in [-0.25, -0.2) is 13.8 Å². The van der Waals surface area contributed by atoms with Crippen molar-refractivity contribution in [3.05, 3.63) is 94.4 Å². The molecule has 1 amide bonds. The van der Waals surface area contributed by atoms with Gasteiger partial charge in [0.2, 0.25) is 0 Å². The highest BCUT2D eigenvalue weighted by molar-refractivity contribution is 6.03. The van der Waals surface area contributed by atoms with Crippen molar-refractivity contribution in [1.29, 1.82) is 0 Å². The molecule has 0 aliphatic heterocycles. The molecule has 158 valence electrons. The van der Waals surface area contributed by atoms with E-state index in [1.54, 1.807) is 30.8 Å². The lowest BCUT2D eigenvalue weighted by molar-refractivity contribution is 0.102. The Morgan fingerprint density at radius 1 is 1.10 bits per heavy atom. The first-order valence-corrected chi connectivity index (χ1v) is 9.52. The molecule has 1 N–H and O–H groups in total. The topological polar surface area (TPSA) is 83.1 Å². The van der Waals surface area contributed by atoms with Crippen LogP contribution in [0.25, 0.3) is 5.69 Å². The molecule has 4 aromatic rings. The van der Waals surface area contributed by atoms with Crippen molar-refractivity contribution in [3.8, 4) is 11.4 Å². The van der Waals surface area contributed by atoms with Gasteiger partial charge in [0.1, 0.15) is 5.69 Å². The van der Waals surface area contributed by atoms with E-state index in [2.05, 4.69) is 10.4 Å². The number of ether oxygens (including phenoxy) is 1. The van der Waals surface area contributed by atoms with Gasteiger partial charge in [-0.15, -0.1) is 0 Å². The van der Waals surface area contributed by atoms with Crippen LogP contribution in [0.3, 0.4) is 0 Å². The van der Waals surface area contributed by atoms with Gasteiger partial charge in [-0.2, -0.15) is 5.10 Å². The maximum absolute atomic E-state index is 13.6. The molecular formula is C22H20FN5O3. The zero-order chi connectivity index (χ0) is 22.0. The average molecular weight is 421 g/mol. The maximum atomic E-state index is 13.6. The molecule has 0 bridgehead atoms. The summed E-state index contributed by atoms with van der Waals surface area (Å²) in [6.07, 6.45) is 1.54. The van der Waals surface area contributed by atoms with Crippen molar-refractivity contribution in [1.82, 2.24) is 19.1 Å². The van der Waals surface area contributed by atoms with Gasteiger partial charge in [0, 0.05) is 13.2 Å². The van der Waals surface area contributed by atoms with Crippen LogP contribution in [0.2, 0.25) is 0 Å². The summed E-state index contributed by atoms with van der Waals surface area (Å²) in [6.45, 7) is 1.68. The number of carbonyl (C=O) groups is 1. The van der Waals surface area contributed by atoms with Gasteiger partial charge < -0.3 is 10.1 Å². The Kier molecular flexibility index (Phi) is 5.40. The number of amides is 1. The third kappa shape index (κ3) is 3.97. The summed E-state index contributed by atoms with van der Waals surface area (Å²) < 4.78 is 23.5. The predicted octanol–water partition coefficient (Wildman–Crippen LogP) is 3.11. The molecule has 0 radical (unpaired) electrons. The molecule has 2 aromatic carbocycles. The largest absolute Gasteiger partial charge is 0.468 e. The number of aromatic nitrogens is 4. The number of nitrogens with zero attached hydrogens (tertiary/aromatic N) is 4. The normalized spacial score (nSPS) is 10.8. The van der Waals surface area contributed by atoms with Crippen LogP contribution in [0.1, 0.15) is 16.2 Å². The first-order chi connectivity index (χ1) is 15.0. The Labute approximate surface area is 177 Å². The lowest BCUT2D eigenvalue weighted by Crippen LogP contribution is -2.23. The quantitative estimate of drug-likeness (QED) is 0.519. The summed E-state index contributed by atoms with van der Waals surface area (Å²) in [4.78, 5) is 25.6. The van der Waals surface area contributed by atoms with E-state index >= 15 is 0 Å². The fourth-order valence-corrected chi connectivity index (χ4v) is 3.14. The molecule has 9 heteroatoms. The SMILES string of the molecule is Cc1c(NC(=O)c2ccn(COc3ccccc3F)n2)c(=O)n(-c2ccccc2)n1C.